The number of carboxylic acid groups (broad SMARTS) is 1. The lowest BCUT2D eigenvalue weighted by Gasteiger charge is -2.26. The lowest BCUT2D eigenvalue weighted by molar-refractivity contribution is -0.142. The van der Waals surface area contributed by atoms with Crippen LogP contribution in [0.25, 0.3) is 0 Å². The SMILES string of the molecule is CC(C)CC(NC(=O)C(NC(=O)C(N)CCC(N)=O)C(C)O)C(=O)NC(C)C(=O)O. The smallest absolute Gasteiger partial charge is 0.325 e. The topological polar surface area (TPSA) is 214 Å². The van der Waals surface area contributed by atoms with Crippen molar-refractivity contribution in [3.05, 3.63) is 0 Å². The Hall–Kier alpha value is -2.73. The van der Waals surface area contributed by atoms with E-state index in [9.17, 15) is 29.1 Å². The minimum atomic E-state index is -1.42. The van der Waals surface area contributed by atoms with Crippen LogP contribution in [-0.4, -0.2) is 70.1 Å². The summed E-state index contributed by atoms with van der Waals surface area (Å²) in [5, 5.41) is 25.9. The van der Waals surface area contributed by atoms with Crippen LogP contribution in [0.1, 0.15) is 47.0 Å². The minimum absolute atomic E-state index is 0.0250. The van der Waals surface area contributed by atoms with Gasteiger partial charge in [0.25, 0.3) is 0 Å². The summed E-state index contributed by atoms with van der Waals surface area (Å²) in [6, 6.07) is -4.80. The number of nitrogens with one attached hydrogen (secondary N) is 3. The Morgan fingerprint density at radius 2 is 1.47 bits per heavy atom. The first-order valence-corrected chi connectivity index (χ1v) is 9.62. The number of aliphatic hydroxyl groups excluding tert-OH is 1. The van der Waals surface area contributed by atoms with E-state index in [1.807, 2.05) is 0 Å². The Labute approximate surface area is 175 Å². The van der Waals surface area contributed by atoms with Gasteiger partial charge in [0, 0.05) is 6.42 Å². The van der Waals surface area contributed by atoms with Gasteiger partial charge >= 0.3 is 5.97 Å². The molecule has 172 valence electrons. The second kappa shape index (κ2) is 12.8. The number of hydrogen-bond acceptors (Lipinski definition) is 7. The maximum atomic E-state index is 12.6. The first-order valence-electron chi connectivity index (χ1n) is 9.62. The van der Waals surface area contributed by atoms with E-state index in [1.54, 1.807) is 13.8 Å². The van der Waals surface area contributed by atoms with E-state index < -0.39 is 59.9 Å². The molecular formula is C18H33N5O7. The Kier molecular flexibility index (Phi) is 11.6. The average Bonchev–Trinajstić information content (AvgIpc) is 2.62. The van der Waals surface area contributed by atoms with Crippen LogP contribution >= 0.6 is 0 Å². The summed E-state index contributed by atoms with van der Waals surface area (Å²) in [6.45, 7) is 6.15. The molecule has 12 heteroatoms. The third-order valence-electron chi connectivity index (χ3n) is 4.17. The number of aliphatic hydroxyl groups is 1. The summed E-state index contributed by atoms with van der Waals surface area (Å²) < 4.78 is 0. The van der Waals surface area contributed by atoms with Crippen molar-refractivity contribution in [2.75, 3.05) is 0 Å². The molecular weight excluding hydrogens is 398 g/mol. The highest BCUT2D eigenvalue weighted by Crippen LogP contribution is 2.07. The molecule has 12 nitrogen and oxygen atoms in total. The lowest BCUT2D eigenvalue weighted by atomic mass is 10.0. The third kappa shape index (κ3) is 10.2. The van der Waals surface area contributed by atoms with E-state index in [0.29, 0.717) is 0 Å². The van der Waals surface area contributed by atoms with Gasteiger partial charge in [0.15, 0.2) is 0 Å². The number of rotatable bonds is 13. The fourth-order valence-electron chi connectivity index (χ4n) is 2.43. The van der Waals surface area contributed by atoms with E-state index in [0.717, 1.165) is 0 Å². The van der Waals surface area contributed by atoms with Crippen LogP contribution in [0.5, 0.6) is 0 Å². The zero-order valence-electron chi connectivity index (χ0n) is 17.7. The minimum Gasteiger partial charge on any atom is -0.480 e. The van der Waals surface area contributed by atoms with E-state index in [2.05, 4.69) is 16.0 Å². The summed E-state index contributed by atoms with van der Waals surface area (Å²) in [7, 11) is 0. The first kappa shape index (κ1) is 27.3. The number of carbonyl (C=O) groups is 5. The average molecular weight is 431 g/mol. The van der Waals surface area contributed by atoms with Gasteiger partial charge in [-0.1, -0.05) is 13.8 Å². The number of hydrogen-bond donors (Lipinski definition) is 7. The number of carbonyl (C=O) groups excluding carboxylic acids is 4. The molecule has 0 aromatic rings. The number of primary amides is 1. The molecule has 4 amide bonds. The second-order valence-electron chi connectivity index (χ2n) is 7.60. The molecule has 0 rings (SSSR count). The van der Waals surface area contributed by atoms with Crippen molar-refractivity contribution in [3.63, 3.8) is 0 Å². The van der Waals surface area contributed by atoms with Gasteiger partial charge < -0.3 is 37.6 Å². The molecule has 0 aliphatic carbocycles. The molecule has 0 bridgehead atoms. The Morgan fingerprint density at radius 1 is 0.900 bits per heavy atom. The fourth-order valence-corrected chi connectivity index (χ4v) is 2.43. The van der Waals surface area contributed by atoms with E-state index in [4.69, 9.17) is 16.6 Å². The Balaban J connectivity index is 5.23. The quantitative estimate of drug-likeness (QED) is 0.166. The Morgan fingerprint density at radius 3 is 1.90 bits per heavy atom. The molecule has 0 aromatic heterocycles. The molecule has 0 saturated carbocycles. The largest absolute Gasteiger partial charge is 0.480 e. The number of nitrogens with two attached hydrogens (primary N) is 2. The molecule has 5 atom stereocenters. The molecule has 0 aliphatic rings. The maximum Gasteiger partial charge on any atom is 0.325 e. The van der Waals surface area contributed by atoms with Crippen molar-refractivity contribution in [2.45, 2.75) is 77.2 Å². The second-order valence-corrected chi connectivity index (χ2v) is 7.60. The number of carboxylic acids is 1. The van der Waals surface area contributed by atoms with Crippen LogP contribution < -0.4 is 27.4 Å². The summed E-state index contributed by atoms with van der Waals surface area (Å²) in [6.07, 6.45) is -1.29. The maximum absolute atomic E-state index is 12.6. The standard InChI is InChI=1S/C18H33N5O7/c1-8(2)7-12(16(27)21-9(3)18(29)30)22-17(28)14(10(4)24)23-15(26)11(19)5-6-13(20)25/h8-12,14,24H,5-7,19H2,1-4H3,(H2,20,25)(H,21,27)(H,22,28)(H,23,26)(H,29,30). The van der Waals surface area contributed by atoms with Gasteiger partial charge in [-0.3, -0.25) is 24.0 Å². The van der Waals surface area contributed by atoms with Crippen molar-refractivity contribution in [1.82, 2.24) is 16.0 Å². The summed E-state index contributed by atoms with van der Waals surface area (Å²) in [4.78, 5) is 59.0. The zero-order chi connectivity index (χ0) is 23.6. The highest BCUT2D eigenvalue weighted by Gasteiger charge is 2.32. The van der Waals surface area contributed by atoms with Crippen molar-refractivity contribution >= 4 is 29.6 Å². The van der Waals surface area contributed by atoms with Crippen LogP contribution in [0.15, 0.2) is 0 Å². The molecule has 0 radical (unpaired) electrons. The van der Waals surface area contributed by atoms with Crippen LogP contribution in [-0.2, 0) is 24.0 Å². The van der Waals surface area contributed by atoms with Crippen molar-refractivity contribution in [3.8, 4) is 0 Å². The molecule has 0 saturated heterocycles. The molecule has 9 N–H and O–H groups in total. The summed E-state index contributed by atoms with van der Waals surface area (Å²) in [5.74, 6) is -4.23. The first-order chi connectivity index (χ1) is 13.8. The van der Waals surface area contributed by atoms with E-state index >= 15 is 0 Å². The lowest BCUT2D eigenvalue weighted by Crippen LogP contribution is -2.59. The third-order valence-corrected chi connectivity index (χ3v) is 4.17. The van der Waals surface area contributed by atoms with Crippen LogP contribution in [0.4, 0.5) is 0 Å². The number of amides is 4. The van der Waals surface area contributed by atoms with Gasteiger partial charge in [0.1, 0.15) is 18.1 Å². The van der Waals surface area contributed by atoms with Gasteiger partial charge in [-0.05, 0) is 32.6 Å². The predicted octanol–water partition coefficient (Wildman–Crippen LogP) is -2.43. The van der Waals surface area contributed by atoms with Crippen LogP contribution in [0.3, 0.4) is 0 Å². The van der Waals surface area contributed by atoms with Gasteiger partial charge in [-0.25, -0.2) is 0 Å². The van der Waals surface area contributed by atoms with Crippen molar-refractivity contribution < 1.29 is 34.2 Å². The van der Waals surface area contributed by atoms with Gasteiger partial charge in [0.2, 0.25) is 23.6 Å². The van der Waals surface area contributed by atoms with Crippen molar-refractivity contribution in [1.29, 1.82) is 0 Å². The highest BCUT2D eigenvalue weighted by molar-refractivity contribution is 5.94. The summed E-state index contributed by atoms with van der Waals surface area (Å²) >= 11 is 0. The molecule has 0 heterocycles. The van der Waals surface area contributed by atoms with E-state index in [1.165, 1.54) is 13.8 Å². The van der Waals surface area contributed by atoms with E-state index in [-0.39, 0.29) is 25.2 Å². The molecule has 0 fully saturated rings. The monoisotopic (exact) mass is 431 g/mol. The number of aliphatic carboxylic acids is 1. The molecule has 30 heavy (non-hydrogen) atoms. The normalized spacial score (nSPS) is 16.0. The van der Waals surface area contributed by atoms with Gasteiger partial charge in [-0.2, -0.15) is 0 Å². The molecule has 5 unspecified atom stereocenters. The zero-order valence-corrected chi connectivity index (χ0v) is 17.7. The molecule has 0 spiro atoms. The predicted molar refractivity (Wildman–Crippen MR) is 107 cm³/mol. The molecule has 0 aliphatic heterocycles. The Bertz CT molecular complexity index is 638. The molecule has 0 aromatic carbocycles. The highest BCUT2D eigenvalue weighted by atomic mass is 16.4. The fraction of sp³-hybridized carbons (Fsp3) is 0.722. The summed E-state index contributed by atoms with van der Waals surface area (Å²) in [5.41, 5.74) is 10.7. The van der Waals surface area contributed by atoms with Gasteiger partial charge in [-0.15, -0.1) is 0 Å². The van der Waals surface area contributed by atoms with Crippen LogP contribution in [0, 0.1) is 5.92 Å². The van der Waals surface area contributed by atoms with Crippen LogP contribution in [0.2, 0.25) is 0 Å². The van der Waals surface area contributed by atoms with Gasteiger partial charge in [0.05, 0.1) is 12.1 Å². The van der Waals surface area contributed by atoms with Crippen molar-refractivity contribution in [2.24, 2.45) is 17.4 Å².